The van der Waals surface area contributed by atoms with E-state index < -0.39 is 18.0 Å². The number of hydrogen-bond acceptors (Lipinski definition) is 4. The van der Waals surface area contributed by atoms with Gasteiger partial charge in [-0.1, -0.05) is 0 Å². The predicted octanol–water partition coefficient (Wildman–Crippen LogP) is -1.01. The molecule has 1 atom stereocenters. The van der Waals surface area contributed by atoms with Gasteiger partial charge in [-0.3, -0.25) is 9.48 Å². The number of nitrogens with one attached hydrogen (secondary N) is 1. The molecule has 3 N–H and O–H groups in total. The zero-order chi connectivity index (χ0) is 12.1. The topological polar surface area (TPSA) is 104 Å². The molecular formula is C9H13N3O4. The SMILES string of the molecule is Cn1ccc(C(=O)NCC[C@H](O)C(=O)O)n1. The van der Waals surface area contributed by atoms with Crippen molar-refractivity contribution in [3.8, 4) is 0 Å². The molecule has 7 heteroatoms. The fraction of sp³-hybridized carbons (Fsp3) is 0.444. The van der Waals surface area contributed by atoms with E-state index in [-0.39, 0.29) is 18.7 Å². The second kappa shape index (κ2) is 5.26. The molecule has 0 aliphatic carbocycles. The largest absolute Gasteiger partial charge is 0.479 e. The molecule has 0 radical (unpaired) electrons. The summed E-state index contributed by atoms with van der Waals surface area (Å²) >= 11 is 0. The number of carbonyl (C=O) groups excluding carboxylic acids is 1. The van der Waals surface area contributed by atoms with Crippen LogP contribution in [0.15, 0.2) is 12.3 Å². The van der Waals surface area contributed by atoms with Crippen molar-refractivity contribution in [1.82, 2.24) is 15.1 Å². The number of amides is 1. The maximum atomic E-state index is 11.4. The van der Waals surface area contributed by atoms with Gasteiger partial charge in [-0.2, -0.15) is 5.10 Å². The third kappa shape index (κ3) is 3.35. The van der Waals surface area contributed by atoms with Crippen LogP contribution in [0.5, 0.6) is 0 Å². The fourth-order valence-electron chi connectivity index (χ4n) is 1.07. The first kappa shape index (κ1) is 12.2. The molecule has 16 heavy (non-hydrogen) atoms. The highest BCUT2D eigenvalue weighted by Crippen LogP contribution is 1.95. The first-order valence-electron chi connectivity index (χ1n) is 4.69. The standard InChI is InChI=1S/C9H13N3O4/c1-12-5-3-6(11-12)8(14)10-4-2-7(13)9(15)16/h3,5,7,13H,2,4H2,1H3,(H,10,14)(H,15,16)/t7-/m0/s1. The highest BCUT2D eigenvalue weighted by atomic mass is 16.4. The van der Waals surface area contributed by atoms with Crippen molar-refractivity contribution in [2.45, 2.75) is 12.5 Å². The summed E-state index contributed by atoms with van der Waals surface area (Å²) in [6.45, 7) is 0.0862. The Labute approximate surface area is 91.7 Å². The van der Waals surface area contributed by atoms with Crippen LogP contribution in [0.25, 0.3) is 0 Å². The third-order valence-corrected chi connectivity index (χ3v) is 1.93. The molecule has 0 fully saturated rings. The molecule has 0 aliphatic rings. The molecule has 1 rings (SSSR count). The number of hydrogen-bond donors (Lipinski definition) is 3. The predicted molar refractivity (Wildman–Crippen MR) is 53.8 cm³/mol. The second-order valence-electron chi connectivity index (χ2n) is 3.27. The minimum Gasteiger partial charge on any atom is -0.479 e. The highest BCUT2D eigenvalue weighted by molar-refractivity contribution is 5.92. The van der Waals surface area contributed by atoms with Crippen LogP contribution in [0, 0.1) is 0 Å². The molecule has 0 unspecified atom stereocenters. The maximum Gasteiger partial charge on any atom is 0.332 e. The van der Waals surface area contributed by atoms with Gasteiger partial charge in [0.25, 0.3) is 5.91 Å². The molecule has 0 saturated carbocycles. The van der Waals surface area contributed by atoms with Gasteiger partial charge in [0.2, 0.25) is 0 Å². The van der Waals surface area contributed by atoms with Crippen molar-refractivity contribution in [1.29, 1.82) is 0 Å². The molecule has 1 aromatic rings. The number of carboxylic acid groups (broad SMARTS) is 1. The Morgan fingerprint density at radius 3 is 2.81 bits per heavy atom. The quantitative estimate of drug-likeness (QED) is 0.597. The summed E-state index contributed by atoms with van der Waals surface area (Å²) in [7, 11) is 1.69. The summed E-state index contributed by atoms with van der Waals surface area (Å²) < 4.78 is 1.49. The smallest absolute Gasteiger partial charge is 0.332 e. The Morgan fingerprint density at radius 1 is 1.62 bits per heavy atom. The Balaban J connectivity index is 2.34. The second-order valence-corrected chi connectivity index (χ2v) is 3.27. The number of carboxylic acids is 1. The summed E-state index contributed by atoms with van der Waals surface area (Å²) in [4.78, 5) is 21.7. The van der Waals surface area contributed by atoms with E-state index in [9.17, 15) is 9.59 Å². The maximum absolute atomic E-state index is 11.4. The molecule has 0 aliphatic heterocycles. The molecule has 7 nitrogen and oxygen atoms in total. The Morgan fingerprint density at radius 2 is 2.31 bits per heavy atom. The van der Waals surface area contributed by atoms with E-state index in [1.165, 1.54) is 4.68 Å². The normalized spacial score (nSPS) is 12.1. The lowest BCUT2D eigenvalue weighted by Crippen LogP contribution is -2.30. The number of aryl methyl sites for hydroxylation is 1. The Kier molecular flexibility index (Phi) is 4.01. The van der Waals surface area contributed by atoms with Gasteiger partial charge in [-0.25, -0.2) is 4.79 Å². The molecular weight excluding hydrogens is 214 g/mol. The number of aliphatic hydroxyl groups excluding tert-OH is 1. The minimum atomic E-state index is -1.45. The summed E-state index contributed by atoms with van der Waals surface area (Å²) in [5.74, 6) is -1.69. The Bertz CT molecular complexity index is 388. The van der Waals surface area contributed by atoms with Crippen LogP contribution in [-0.2, 0) is 11.8 Å². The zero-order valence-corrected chi connectivity index (χ0v) is 8.75. The van der Waals surface area contributed by atoms with Crippen LogP contribution in [0.1, 0.15) is 16.9 Å². The van der Waals surface area contributed by atoms with Crippen molar-refractivity contribution in [2.75, 3.05) is 6.54 Å². The van der Waals surface area contributed by atoms with Crippen LogP contribution in [0.2, 0.25) is 0 Å². The lowest BCUT2D eigenvalue weighted by atomic mass is 10.2. The minimum absolute atomic E-state index is 0.0338. The van der Waals surface area contributed by atoms with E-state index in [1.807, 2.05) is 0 Å². The highest BCUT2D eigenvalue weighted by Gasteiger charge is 2.14. The van der Waals surface area contributed by atoms with Gasteiger partial charge in [0.05, 0.1) is 0 Å². The molecule has 1 heterocycles. The number of aromatic nitrogens is 2. The zero-order valence-electron chi connectivity index (χ0n) is 8.75. The number of carbonyl (C=O) groups is 2. The summed E-state index contributed by atoms with van der Waals surface area (Å²) in [6, 6.07) is 1.54. The van der Waals surface area contributed by atoms with Gasteiger partial charge >= 0.3 is 5.97 Å². The van der Waals surface area contributed by atoms with Gasteiger partial charge < -0.3 is 15.5 Å². The summed E-state index contributed by atoms with van der Waals surface area (Å²) in [5.41, 5.74) is 0.257. The lowest BCUT2D eigenvalue weighted by molar-refractivity contribution is -0.146. The molecule has 0 spiro atoms. The van der Waals surface area contributed by atoms with E-state index in [2.05, 4.69) is 10.4 Å². The number of aliphatic carboxylic acids is 1. The van der Waals surface area contributed by atoms with Crippen LogP contribution in [-0.4, -0.2) is 44.5 Å². The monoisotopic (exact) mass is 227 g/mol. The molecule has 0 bridgehead atoms. The average Bonchev–Trinajstić information content (AvgIpc) is 2.64. The van der Waals surface area contributed by atoms with E-state index in [0.717, 1.165) is 0 Å². The molecule has 0 saturated heterocycles. The van der Waals surface area contributed by atoms with Gasteiger partial charge in [0, 0.05) is 26.2 Å². The average molecular weight is 227 g/mol. The van der Waals surface area contributed by atoms with Crippen molar-refractivity contribution < 1.29 is 19.8 Å². The first-order chi connectivity index (χ1) is 7.50. The van der Waals surface area contributed by atoms with Crippen LogP contribution < -0.4 is 5.32 Å². The molecule has 1 amide bonds. The number of nitrogens with zero attached hydrogens (tertiary/aromatic N) is 2. The number of aliphatic hydroxyl groups is 1. The van der Waals surface area contributed by atoms with Gasteiger partial charge in [-0.15, -0.1) is 0 Å². The van der Waals surface area contributed by atoms with Crippen molar-refractivity contribution >= 4 is 11.9 Å². The van der Waals surface area contributed by atoms with Crippen LogP contribution in [0.3, 0.4) is 0 Å². The van der Waals surface area contributed by atoms with Crippen LogP contribution in [0.4, 0.5) is 0 Å². The lowest BCUT2D eigenvalue weighted by Gasteiger charge is -2.05. The third-order valence-electron chi connectivity index (χ3n) is 1.93. The van der Waals surface area contributed by atoms with E-state index in [0.29, 0.717) is 0 Å². The van der Waals surface area contributed by atoms with Crippen molar-refractivity contribution in [3.05, 3.63) is 18.0 Å². The van der Waals surface area contributed by atoms with Crippen molar-refractivity contribution in [2.24, 2.45) is 7.05 Å². The van der Waals surface area contributed by atoms with Crippen LogP contribution >= 0.6 is 0 Å². The van der Waals surface area contributed by atoms with E-state index in [1.54, 1.807) is 19.3 Å². The number of rotatable bonds is 5. The summed E-state index contributed by atoms with van der Waals surface area (Å²) in [5, 5.41) is 23.7. The van der Waals surface area contributed by atoms with Gasteiger partial charge in [0.1, 0.15) is 5.69 Å². The van der Waals surface area contributed by atoms with Gasteiger partial charge in [0.15, 0.2) is 6.10 Å². The van der Waals surface area contributed by atoms with Crippen molar-refractivity contribution in [3.63, 3.8) is 0 Å². The Hall–Kier alpha value is -1.89. The fourth-order valence-corrected chi connectivity index (χ4v) is 1.07. The van der Waals surface area contributed by atoms with E-state index >= 15 is 0 Å². The van der Waals surface area contributed by atoms with E-state index in [4.69, 9.17) is 10.2 Å². The first-order valence-corrected chi connectivity index (χ1v) is 4.69. The molecule has 0 aromatic carbocycles. The van der Waals surface area contributed by atoms with Gasteiger partial charge in [-0.05, 0) is 6.07 Å². The molecule has 1 aromatic heterocycles. The summed E-state index contributed by atoms with van der Waals surface area (Å²) in [6.07, 6.45) is 0.138. The molecule has 88 valence electrons.